The number of pyridine rings is 1. The Morgan fingerprint density at radius 2 is 2.36 bits per heavy atom. The third-order valence-corrected chi connectivity index (χ3v) is 1.44. The minimum Gasteiger partial charge on any atom is -0.478 e. The van der Waals surface area contributed by atoms with Gasteiger partial charge in [0, 0.05) is 6.20 Å². The summed E-state index contributed by atoms with van der Waals surface area (Å²) in [5, 5.41) is 17.7. The molecular formula is C10H9NO3. The van der Waals surface area contributed by atoms with Crippen molar-refractivity contribution in [3.05, 3.63) is 29.6 Å². The van der Waals surface area contributed by atoms with Crippen molar-refractivity contribution in [1.29, 1.82) is 0 Å². The second-order valence-corrected chi connectivity index (χ2v) is 2.65. The zero-order chi connectivity index (χ0) is 10.6. The molecule has 1 aromatic heterocycles. The highest BCUT2D eigenvalue weighted by molar-refractivity contribution is 5.89. The highest BCUT2D eigenvalue weighted by Crippen LogP contribution is 2.03. The van der Waals surface area contributed by atoms with Crippen LogP contribution in [-0.2, 0) is 0 Å². The van der Waals surface area contributed by atoms with Crippen LogP contribution in [-0.4, -0.2) is 27.3 Å². The normalized spacial score (nSPS) is 11.3. The largest absolute Gasteiger partial charge is 0.478 e. The van der Waals surface area contributed by atoms with Crippen molar-refractivity contribution in [1.82, 2.24) is 4.98 Å². The van der Waals surface area contributed by atoms with Gasteiger partial charge in [-0.3, -0.25) is 0 Å². The molecule has 0 aliphatic heterocycles. The van der Waals surface area contributed by atoms with Gasteiger partial charge in [0.2, 0.25) is 0 Å². The molecule has 0 unspecified atom stereocenters. The fraction of sp³-hybridized carbons (Fsp3) is 0.200. The molecule has 0 saturated heterocycles. The van der Waals surface area contributed by atoms with E-state index in [1.807, 2.05) is 0 Å². The van der Waals surface area contributed by atoms with Crippen LogP contribution in [0.1, 0.15) is 23.0 Å². The SMILES string of the molecule is C[C@H](O)C#Cc1ncccc1C(=O)O. The Labute approximate surface area is 81.2 Å². The Hall–Kier alpha value is -1.86. The van der Waals surface area contributed by atoms with Crippen molar-refractivity contribution in [2.24, 2.45) is 0 Å². The molecule has 0 fully saturated rings. The van der Waals surface area contributed by atoms with Crippen LogP contribution in [0.15, 0.2) is 18.3 Å². The molecule has 4 heteroatoms. The van der Waals surface area contributed by atoms with Crippen molar-refractivity contribution in [2.45, 2.75) is 13.0 Å². The molecule has 0 radical (unpaired) electrons. The standard InChI is InChI=1S/C10H9NO3/c1-7(12)4-5-9-8(10(13)14)3-2-6-11-9/h2-3,6-7,12H,1H3,(H,13,14)/t7-/m0/s1. The molecule has 72 valence electrons. The summed E-state index contributed by atoms with van der Waals surface area (Å²) in [4.78, 5) is 14.5. The molecule has 4 nitrogen and oxygen atoms in total. The summed E-state index contributed by atoms with van der Waals surface area (Å²) < 4.78 is 0. The Bertz CT molecular complexity index is 401. The number of carbonyl (C=O) groups is 1. The molecule has 1 rings (SSSR count). The van der Waals surface area contributed by atoms with E-state index in [2.05, 4.69) is 16.8 Å². The average molecular weight is 191 g/mol. The second kappa shape index (κ2) is 4.40. The van der Waals surface area contributed by atoms with E-state index in [4.69, 9.17) is 10.2 Å². The molecule has 0 bridgehead atoms. The summed E-state index contributed by atoms with van der Waals surface area (Å²) in [6.07, 6.45) is 0.664. The van der Waals surface area contributed by atoms with Gasteiger partial charge in [0.15, 0.2) is 0 Å². The van der Waals surface area contributed by atoms with Crippen LogP contribution in [0.4, 0.5) is 0 Å². The molecule has 2 N–H and O–H groups in total. The molecule has 1 atom stereocenters. The molecule has 0 aliphatic carbocycles. The van der Waals surface area contributed by atoms with Crippen molar-refractivity contribution < 1.29 is 15.0 Å². The van der Waals surface area contributed by atoms with Gasteiger partial charge in [-0.15, -0.1) is 0 Å². The molecule has 0 aliphatic rings. The van der Waals surface area contributed by atoms with Crippen molar-refractivity contribution in [3.63, 3.8) is 0 Å². The van der Waals surface area contributed by atoms with E-state index < -0.39 is 12.1 Å². The van der Waals surface area contributed by atoms with Gasteiger partial charge in [-0.05, 0) is 25.0 Å². The van der Waals surface area contributed by atoms with Gasteiger partial charge in [0.25, 0.3) is 0 Å². The van der Waals surface area contributed by atoms with Gasteiger partial charge in [0.05, 0.1) is 5.56 Å². The Morgan fingerprint density at radius 1 is 1.64 bits per heavy atom. The van der Waals surface area contributed by atoms with Gasteiger partial charge in [-0.25, -0.2) is 9.78 Å². The fourth-order valence-electron chi connectivity index (χ4n) is 0.850. The number of hydrogen-bond donors (Lipinski definition) is 2. The van der Waals surface area contributed by atoms with Gasteiger partial charge in [0.1, 0.15) is 11.8 Å². The summed E-state index contributed by atoms with van der Waals surface area (Å²) in [6, 6.07) is 2.94. The van der Waals surface area contributed by atoms with Crippen LogP contribution in [0, 0.1) is 11.8 Å². The van der Waals surface area contributed by atoms with E-state index in [0.29, 0.717) is 0 Å². The van der Waals surface area contributed by atoms with E-state index in [0.717, 1.165) is 0 Å². The number of aromatic nitrogens is 1. The van der Waals surface area contributed by atoms with Gasteiger partial charge >= 0.3 is 5.97 Å². The summed E-state index contributed by atoms with van der Waals surface area (Å²) in [7, 11) is 0. The van der Waals surface area contributed by atoms with Crippen LogP contribution in [0.2, 0.25) is 0 Å². The molecule has 0 spiro atoms. The number of nitrogens with zero attached hydrogens (tertiary/aromatic N) is 1. The first kappa shape index (κ1) is 10.2. The van der Waals surface area contributed by atoms with Gasteiger partial charge < -0.3 is 10.2 Å². The van der Waals surface area contributed by atoms with Crippen molar-refractivity contribution in [2.75, 3.05) is 0 Å². The smallest absolute Gasteiger partial charge is 0.338 e. The van der Waals surface area contributed by atoms with Crippen LogP contribution < -0.4 is 0 Å². The highest BCUT2D eigenvalue weighted by Gasteiger charge is 2.07. The van der Waals surface area contributed by atoms with E-state index in [-0.39, 0.29) is 11.3 Å². The van der Waals surface area contributed by atoms with E-state index >= 15 is 0 Å². The maximum absolute atomic E-state index is 10.7. The molecule has 0 aromatic carbocycles. The van der Waals surface area contributed by atoms with E-state index in [1.165, 1.54) is 25.3 Å². The molecule has 0 saturated carbocycles. The molecule has 0 amide bonds. The lowest BCUT2D eigenvalue weighted by Gasteiger charge is -1.96. The maximum atomic E-state index is 10.7. The monoisotopic (exact) mass is 191 g/mol. The van der Waals surface area contributed by atoms with Crippen LogP contribution >= 0.6 is 0 Å². The lowest BCUT2D eigenvalue weighted by molar-refractivity contribution is 0.0696. The van der Waals surface area contributed by atoms with Crippen LogP contribution in [0.3, 0.4) is 0 Å². The zero-order valence-electron chi connectivity index (χ0n) is 7.56. The predicted molar refractivity (Wildman–Crippen MR) is 49.8 cm³/mol. The van der Waals surface area contributed by atoms with Gasteiger partial charge in [-0.1, -0.05) is 5.92 Å². The summed E-state index contributed by atoms with van der Waals surface area (Å²) in [5.41, 5.74) is 0.210. The average Bonchev–Trinajstić information content (AvgIpc) is 2.15. The number of aliphatic hydroxyl groups is 1. The Morgan fingerprint density at radius 3 is 2.93 bits per heavy atom. The molecule has 1 aromatic rings. The quantitative estimate of drug-likeness (QED) is 0.634. The number of aliphatic hydroxyl groups excluding tert-OH is 1. The molecule has 1 heterocycles. The second-order valence-electron chi connectivity index (χ2n) is 2.65. The van der Waals surface area contributed by atoms with Crippen LogP contribution in [0.25, 0.3) is 0 Å². The third-order valence-electron chi connectivity index (χ3n) is 1.44. The van der Waals surface area contributed by atoms with Gasteiger partial charge in [-0.2, -0.15) is 0 Å². The topological polar surface area (TPSA) is 70.4 Å². The number of carboxylic acids is 1. The minimum absolute atomic E-state index is 0.0423. The number of hydrogen-bond acceptors (Lipinski definition) is 3. The first-order valence-corrected chi connectivity index (χ1v) is 3.99. The maximum Gasteiger partial charge on any atom is 0.338 e. The lowest BCUT2D eigenvalue weighted by Crippen LogP contribution is -2.02. The number of rotatable bonds is 1. The number of aromatic carboxylic acids is 1. The summed E-state index contributed by atoms with van der Waals surface area (Å²) in [6.45, 7) is 1.50. The highest BCUT2D eigenvalue weighted by atomic mass is 16.4. The first-order chi connectivity index (χ1) is 6.61. The predicted octanol–water partition coefficient (Wildman–Crippen LogP) is 0.512. The lowest BCUT2D eigenvalue weighted by atomic mass is 10.2. The summed E-state index contributed by atoms with van der Waals surface area (Å²) in [5.74, 6) is 3.86. The zero-order valence-corrected chi connectivity index (χ0v) is 7.56. The Kier molecular flexibility index (Phi) is 3.21. The van der Waals surface area contributed by atoms with Crippen molar-refractivity contribution >= 4 is 5.97 Å². The fourth-order valence-corrected chi connectivity index (χ4v) is 0.850. The van der Waals surface area contributed by atoms with E-state index in [1.54, 1.807) is 0 Å². The van der Waals surface area contributed by atoms with Crippen LogP contribution in [0.5, 0.6) is 0 Å². The third kappa shape index (κ3) is 2.57. The molecule has 14 heavy (non-hydrogen) atoms. The summed E-state index contributed by atoms with van der Waals surface area (Å²) >= 11 is 0. The minimum atomic E-state index is -1.08. The Balaban J connectivity index is 3.10. The molecular weight excluding hydrogens is 182 g/mol. The van der Waals surface area contributed by atoms with E-state index in [9.17, 15) is 4.79 Å². The first-order valence-electron chi connectivity index (χ1n) is 3.99. The van der Waals surface area contributed by atoms with Crippen molar-refractivity contribution in [3.8, 4) is 11.8 Å². The number of carboxylic acid groups (broad SMARTS) is 1.